The SMILES string of the molecule is COc1c([C@@H]2C(C)[C@](C)(C(F)(F)F)O[C@H]2c2nc3c(C(N)=O)c(F)ccc3[nH]2)ccc(F)c1F. The molecule has 0 saturated carbocycles. The molecule has 3 aromatic rings. The van der Waals surface area contributed by atoms with Crippen LogP contribution in [0.1, 0.15) is 47.6 Å². The van der Waals surface area contributed by atoms with Crippen LogP contribution in [0.5, 0.6) is 5.75 Å². The van der Waals surface area contributed by atoms with Crippen molar-refractivity contribution in [3.63, 3.8) is 0 Å². The lowest BCUT2D eigenvalue weighted by molar-refractivity contribution is -0.275. The van der Waals surface area contributed by atoms with Gasteiger partial charge in [-0.1, -0.05) is 13.0 Å². The molecule has 1 fully saturated rings. The number of methoxy groups -OCH3 is 1. The molecule has 0 radical (unpaired) electrons. The third-order valence-electron chi connectivity index (χ3n) is 6.45. The maximum Gasteiger partial charge on any atom is 0.417 e. The summed E-state index contributed by atoms with van der Waals surface area (Å²) >= 11 is 0. The molecule has 12 heteroatoms. The number of primary amides is 1. The Labute approximate surface area is 189 Å². The molecule has 4 rings (SSSR count). The first-order valence-corrected chi connectivity index (χ1v) is 10.1. The summed E-state index contributed by atoms with van der Waals surface area (Å²) in [6, 6.07) is 4.09. The number of aromatic amines is 1. The standard InChI is InChI=1S/C22H19F6N3O3/c1-8-13(9-4-5-11(24)15(25)17(9)33-3)18(34-21(8,2)22(26,27)28)20-30-12-7-6-10(23)14(19(29)32)16(12)31-20/h4-8,13,18H,1-3H3,(H2,29,32)(H,30,31)/t8?,13-,18+,21+/m0/s1. The van der Waals surface area contributed by atoms with Crippen molar-refractivity contribution in [2.45, 2.75) is 37.6 Å². The second-order valence-electron chi connectivity index (χ2n) is 8.25. The van der Waals surface area contributed by atoms with E-state index in [2.05, 4.69) is 9.97 Å². The molecule has 1 amide bonds. The van der Waals surface area contributed by atoms with Gasteiger partial charge in [0.05, 0.1) is 12.6 Å². The van der Waals surface area contributed by atoms with E-state index >= 15 is 0 Å². The first-order chi connectivity index (χ1) is 15.8. The minimum Gasteiger partial charge on any atom is -0.493 e. The smallest absolute Gasteiger partial charge is 0.417 e. The number of fused-ring (bicyclic) bond motifs is 1. The molecule has 34 heavy (non-hydrogen) atoms. The third kappa shape index (κ3) is 3.39. The van der Waals surface area contributed by atoms with Gasteiger partial charge in [0.2, 0.25) is 5.82 Å². The van der Waals surface area contributed by atoms with Gasteiger partial charge in [-0.05, 0) is 25.1 Å². The lowest BCUT2D eigenvalue weighted by atomic mass is 9.77. The molecule has 1 unspecified atom stereocenters. The Morgan fingerprint density at radius 1 is 1.18 bits per heavy atom. The number of hydrogen-bond acceptors (Lipinski definition) is 4. The first kappa shape index (κ1) is 23.9. The molecule has 0 spiro atoms. The second-order valence-corrected chi connectivity index (χ2v) is 8.25. The highest BCUT2D eigenvalue weighted by Crippen LogP contribution is 2.59. The summed E-state index contributed by atoms with van der Waals surface area (Å²) < 4.78 is 95.3. The Morgan fingerprint density at radius 3 is 2.41 bits per heavy atom. The van der Waals surface area contributed by atoms with Gasteiger partial charge in [-0.25, -0.2) is 13.8 Å². The van der Waals surface area contributed by atoms with Gasteiger partial charge in [0, 0.05) is 17.4 Å². The van der Waals surface area contributed by atoms with E-state index in [0.717, 1.165) is 32.2 Å². The van der Waals surface area contributed by atoms with E-state index in [9.17, 15) is 31.1 Å². The number of alkyl halides is 3. The van der Waals surface area contributed by atoms with Crippen LogP contribution < -0.4 is 10.5 Å². The van der Waals surface area contributed by atoms with Crippen LogP contribution in [0.2, 0.25) is 0 Å². The average molecular weight is 487 g/mol. The maximum absolute atomic E-state index is 14.5. The lowest BCUT2D eigenvalue weighted by Crippen LogP contribution is -2.46. The van der Waals surface area contributed by atoms with Gasteiger partial charge >= 0.3 is 6.18 Å². The summed E-state index contributed by atoms with van der Waals surface area (Å²) in [5.41, 5.74) is 1.83. The van der Waals surface area contributed by atoms with Crippen LogP contribution in [0.3, 0.4) is 0 Å². The normalized spacial score (nSPS) is 25.1. The number of carbonyl (C=O) groups is 1. The summed E-state index contributed by atoms with van der Waals surface area (Å²) in [5.74, 6) is -7.99. The lowest BCUT2D eigenvalue weighted by Gasteiger charge is -2.32. The number of amides is 1. The molecule has 1 saturated heterocycles. The van der Waals surface area contributed by atoms with E-state index in [-0.39, 0.29) is 22.4 Å². The zero-order chi connectivity index (χ0) is 25.2. The summed E-state index contributed by atoms with van der Waals surface area (Å²) in [5, 5.41) is 0. The fraction of sp³-hybridized carbons (Fsp3) is 0.364. The number of hydrogen-bond donors (Lipinski definition) is 2. The van der Waals surface area contributed by atoms with Crippen molar-refractivity contribution in [2.24, 2.45) is 11.7 Å². The minimum absolute atomic E-state index is 0.0753. The average Bonchev–Trinajstić information content (AvgIpc) is 3.29. The van der Waals surface area contributed by atoms with Crippen LogP contribution in [-0.4, -0.2) is 34.8 Å². The van der Waals surface area contributed by atoms with Gasteiger partial charge < -0.3 is 20.2 Å². The number of H-pyrrole nitrogens is 1. The van der Waals surface area contributed by atoms with Crippen molar-refractivity contribution in [3.8, 4) is 5.75 Å². The van der Waals surface area contributed by atoms with Gasteiger partial charge in [0.15, 0.2) is 17.2 Å². The molecule has 2 heterocycles. The maximum atomic E-state index is 14.5. The first-order valence-electron chi connectivity index (χ1n) is 10.1. The second kappa shape index (κ2) is 7.90. The molecule has 1 aliphatic rings. The molecule has 0 bridgehead atoms. The minimum atomic E-state index is -4.85. The Bertz CT molecular complexity index is 1290. The van der Waals surface area contributed by atoms with E-state index in [0.29, 0.717) is 0 Å². The summed E-state index contributed by atoms with van der Waals surface area (Å²) in [4.78, 5) is 18.6. The van der Waals surface area contributed by atoms with E-state index < -0.39 is 64.4 Å². The monoisotopic (exact) mass is 487 g/mol. The van der Waals surface area contributed by atoms with E-state index in [1.54, 1.807) is 0 Å². The number of benzene rings is 2. The molecule has 6 nitrogen and oxygen atoms in total. The Kier molecular flexibility index (Phi) is 5.54. The van der Waals surface area contributed by atoms with Crippen molar-refractivity contribution in [1.29, 1.82) is 0 Å². The van der Waals surface area contributed by atoms with Crippen LogP contribution in [0, 0.1) is 23.4 Å². The van der Waals surface area contributed by atoms with Crippen LogP contribution in [0.4, 0.5) is 26.3 Å². The van der Waals surface area contributed by atoms with Crippen LogP contribution in [-0.2, 0) is 4.74 Å². The largest absolute Gasteiger partial charge is 0.493 e. The Hall–Kier alpha value is -3.28. The predicted octanol–water partition coefficient (Wildman–Crippen LogP) is 4.90. The van der Waals surface area contributed by atoms with Crippen LogP contribution in [0.15, 0.2) is 24.3 Å². The number of carbonyl (C=O) groups excluding carboxylic acids is 1. The van der Waals surface area contributed by atoms with Gasteiger partial charge in [0.25, 0.3) is 5.91 Å². The number of nitrogens with one attached hydrogen (secondary N) is 1. The highest BCUT2D eigenvalue weighted by molar-refractivity contribution is 6.04. The summed E-state index contributed by atoms with van der Waals surface area (Å²) in [6.07, 6.45) is -6.32. The fourth-order valence-electron chi connectivity index (χ4n) is 4.49. The molecule has 4 atom stereocenters. The topological polar surface area (TPSA) is 90.2 Å². The number of nitrogens with zero attached hydrogens (tertiary/aromatic N) is 1. The highest BCUT2D eigenvalue weighted by atomic mass is 19.4. The number of ether oxygens (including phenoxy) is 2. The molecule has 1 aromatic heterocycles. The zero-order valence-electron chi connectivity index (χ0n) is 18.1. The number of halogens is 6. The molecular formula is C22H19F6N3O3. The van der Waals surface area contributed by atoms with Crippen molar-refractivity contribution in [1.82, 2.24) is 9.97 Å². The van der Waals surface area contributed by atoms with Gasteiger partial charge in [-0.3, -0.25) is 4.79 Å². The van der Waals surface area contributed by atoms with Gasteiger partial charge in [-0.15, -0.1) is 0 Å². The van der Waals surface area contributed by atoms with E-state index in [1.807, 2.05) is 0 Å². The van der Waals surface area contributed by atoms with Crippen molar-refractivity contribution < 1.29 is 40.6 Å². The van der Waals surface area contributed by atoms with Crippen molar-refractivity contribution in [2.75, 3.05) is 7.11 Å². The fourth-order valence-corrected chi connectivity index (χ4v) is 4.49. The van der Waals surface area contributed by atoms with Gasteiger partial charge in [-0.2, -0.15) is 17.6 Å². The Morgan fingerprint density at radius 2 is 1.82 bits per heavy atom. The van der Waals surface area contributed by atoms with E-state index in [1.165, 1.54) is 13.0 Å². The molecule has 3 N–H and O–H groups in total. The number of aromatic nitrogens is 2. The van der Waals surface area contributed by atoms with Crippen LogP contribution >= 0.6 is 0 Å². The number of nitrogens with two attached hydrogens (primary N) is 1. The summed E-state index contributed by atoms with van der Waals surface area (Å²) in [7, 11) is 1.06. The Balaban J connectivity index is 1.96. The zero-order valence-corrected chi connectivity index (χ0v) is 18.1. The summed E-state index contributed by atoms with van der Waals surface area (Å²) in [6.45, 7) is 2.10. The molecule has 182 valence electrons. The predicted molar refractivity (Wildman–Crippen MR) is 108 cm³/mol. The van der Waals surface area contributed by atoms with Crippen LogP contribution in [0.25, 0.3) is 11.0 Å². The number of rotatable bonds is 4. The molecule has 0 aliphatic carbocycles. The number of imidazole rings is 1. The van der Waals surface area contributed by atoms with Crippen molar-refractivity contribution >= 4 is 16.9 Å². The third-order valence-corrected chi connectivity index (χ3v) is 6.45. The highest BCUT2D eigenvalue weighted by Gasteiger charge is 2.65. The quantitative estimate of drug-likeness (QED) is 0.513. The van der Waals surface area contributed by atoms with Crippen molar-refractivity contribution in [3.05, 3.63) is 58.7 Å². The van der Waals surface area contributed by atoms with Gasteiger partial charge in [0.1, 0.15) is 28.8 Å². The van der Waals surface area contributed by atoms with E-state index in [4.69, 9.17) is 15.2 Å². The molecule has 2 aromatic carbocycles. The molecular weight excluding hydrogens is 468 g/mol. The molecule has 1 aliphatic heterocycles.